The van der Waals surface area contributed by atoms with Crippen molar-refractivity contribution in [3.05, 3.63) is 17.0 Å². The average molecular weight is 322 g/mol. The van der Waals surface area contributed by atoms with Crippen molar-refractivity contribution in [1.82, 2.24) is 4.31 Å². The van der Waals surface area contributed by atoms with E-state index in [4.69, 9.17) is 11.6 Å². The summed E-state index contributed by atoms with van der Waals surface area (Å²) in [5.41, 5.74) is 0. The number of thiophene rings is 1. The molecule has 1 saturated carbocycles. The van der Waals surface area contributed by atoms with Gasteiger partial charge in [-0.1, -0.05) is 13.8 Å². The summed E-state index contributed by atoms with van der Waals surface area (Å²) in [6.07, 6.45) is 2.89. The van der Waals surface area contributed by atoms with Crippen molar-refractivity contribution in [2.24, 2.45) is 5.92 Å². The summed E-state index contributed by atoms with van der Waals surface area (Å²) in [7, 11) is -3.33. The number of rotatable bonds is 7. The quantitative estimate of drug-likeness (QED) is 0.718. The Kier molecular flexibility index (Phi) is 4.93. The SMILES string of the molecule is CC(C)CCN(C1CC1)S(=O)(=O)c1ccc(CCl)s1. The minimum atomic E-state index is -3.33. The molecule has 1 aliphatic carbocycles. The Balaban J connectivity index is 2.18. The highest BCUT2D eigenvalue weighted by atomic mass is 35.5. The Bertz CT molecular complexity index is 521. The smallest absolute Gasteiger partial charge is 0.206 e. The molecule has 6 heteroatoms. The fraction of sp³-hybridized carbons (Fsp3) is 0.692. The van der Waals surface area contributed by atoms with E-state index in [0.29, 0.717) is 22.6 Å². The van der Waals surface area contributed by atoms with E-state index >= 15 is 0 Å². The van der Waals surface area contributed by atoms with E-state index in [1.807, 2.05) is 0 Å². The van der Waals surface area contributed by atoms with Crippen LogP contribution in [0, 0.1) is 5.92 Å². The van der Waals surface area contributed by atoms with Crippen molar-refractivity contribution in [3.8, 4) is 0 Å². The minimum Gasteiger partial charge on any atom is -0.206 e. The highest BCUT2D eigenvalue weighted by molar-refractivity contribution is 7.91. The third-order valence-electron chi connectivity index (χ3n) is 3.21. The summed E-state index contributed by atoms with van der Waals surface area (Å²) in [6, 6.07) is 3.70. The maximum atomic E-state index is 12.6. The molecule has 0 amide bonds. The monoisotopic (exact) mass is 321 g/mol. The van der Waals surface area contributed by atoms with Gasteiger partial charge in [-0.2, -0.15) is 4.31 Å². The highest BCUT2D eigenvalue weighted by Gasteiger charge is 2.38. The Hall–Kier alpha value is -0.100. The molecule has 0 bridgehead atoms. The predicted octanol–water partition coefficient (Wildman–Crippen LogP) is 3.69. The van der Waals surface area contributed by atoms with Crippen LogP contribution in [0.4, 0.5) is 0 Å². The van der Waals surface area contributed by atoms with E-state index < -0.39 is 10.0 Å². The van der Waals surface area contributed by atoms with Crippen LogP contribution in [0.25, 0.3) is 0 Å². The van der Waals surface area contributed by atoms with Crippen LogP contribution in [0.1, 0.15) is 38.0 Å². The third-order valence-corrected chi connectivity index (χ3v) is 7.16. The lowest BCUT2D eigenvalue weighted by molar-refractivity contribution is 0.374. The molecule has 0 aliphatic heterocycles. The van der Waals surface area contributed by atoms with Crippen molar-refractivity contribution in [2.75, 3.05) is 6.54 Å². The molecule has 19 heavy (non-hydrogen) atoms. The molecule has 1 heterocycles. The van der Waals surface area contributed by atoms with E-state index in [2.05, 4.69) is 13.8 Å². The highest BCUT2D eigenvalue weighted by Crippen LogP contribution is 2.35. The Morgan fingerprint density at radius 3 is 2.58 bits per heavy atom. The maximum Gasteiger partial charge on any atom is 0.252 e. The van der Waals surface area contributed by atoms with Crippen molar-refractivity contribution in [2.45, 2.75) is 49.2 Å². The van der Waals surface area contributed by atoms with Gasteiger partial charge >= 0.3 is 0 Å². The van der Waals surface area contributed by atoms with E-state index in [1.165, 1.54) is 11.3 Å². The summed E-state index contributed by atoms with van der Waals surface area (Å²) in [6.45, 7) is 4.86. The molecular weight excluding hydrogens is 302 g/mol. The normalized spacial score (nSPS) is 16.5. The third kappa shape index (κ3) is 3.72. The summed E-state index contributed by atoms with van der Waals surface area (Å²) < 4.78 is 27.4. The van der Waals surface area contributed by atoms with E-state index in [0.717, 1.165) is 24.1 Å². The lowest BCUT2D eigenvalue weighted by atomic mass is 10.1. The first kappa shape index (κ1) is 15.3. The summed E-state index contributed by atoms with van der Waals surface area (Å²) >= 11 is 7.04. The lowest BCUT2D eigenvalue weighted by Gasteiger charge is -2.21. The number of alkyl halides is 1. The van der Waals surface area contributed by atoms with Crippen LogP contribution in [-0.2, 0) is 15.9 Å². The number of hydrogen-bond acceptors (Lipinski definition) is 3. The zero-order chi connectivity index (χ0) is 14.0. The molecule has 0 radical (unpaired) electrons. The van der Waals surface area contributed by atoms with Gasteiger partial charge in [-0.15, -0.1) is 22.9 Å². The standard InChI is InChI=1S/C13H20ClNO2S2/c1-10(2)7-8-15(11-3-4-11)19(16,17)13-6-5-12(9-14)18-13/h5-6,10-11H,3-4,7-9H2,1-2H3. The van der Waals surface area contributed by atoms with Gasteiger partial charge in [0, 0.05) is 17.5 Å². The van der Waals surface area contributed by atoms with Gasteiger partial charge in [0.1, 0.15) is 4.21 Å². The topological polar surface area (TPSA) is 37.4 Å². The molecule has 0 spiro atoms. The molecule has 1 fully saturated rings. The lowest BCUT2D eigenvalue weighted by Crippen LogP contribution is -2.34. The Morgan fingerprint density at radius 1 is 1.42 bits per heavy atom. The van der Waals surface area contributed by atoms with E-state index in [9.17, 15) is 8.42 Å². The largest absolute Gasteiger partial charge is 0.252 e. The van der Waals surface area contributed by atoms with Crippen LogP contribution in [-0.4, -0.2) is 25.3 Å². The van der Waals surface area contributed by atoms with Crippen LogP contribution < -0.4 is 0 Å². The van der Waals surface area contributed by atoms with Crippen LogP contribution in [0.15, 0.2) is 16.3 Å². The first-order valence-corrected chi connectivity index (χ1v) is 9.40. The number of halogens is 1. The van der Waals surface area contributed by atoms with Gasteiger partial charge in [0.25, 0.3) is 10.0 Å². The first-order chi connectivity index (χ1) is 8.95. The van der Waals surface area contributed by atoms with Gasteiger partial charge in [0.15, 0.2) is 0 Å². The van der Waals surface area contributed by atoms with Gasteiger partial charge in [-0.25, -0.2) is 8.42 Å². The van der Waals surface area contributed by atoms with E-state index in [1.54, 1.807) is 16.4 Å². The Labute approximate surface area is 124 Å². The molecule has 1 aliphatic rings. The van der Waals surface area contributed by atoms with Gasteiger partial charge in [0.2, 0.25) is 0 Å². The van der Waals surface area contributed by atoms with Gasteiger partial charge in [-0.05, 0) is 37.3 Å². The van der Waals surface area contributed by atoms with Crippen molar-refractivity contribution in [3.63, 3.8) is 0 Å². The molecule has 0 atom stereocenters. The van der Waals surface area contributed by atoms with Crippen molar-refractivity contribution in [1.29, 1.82) is 0 Å². The zero-order valence-electron chi connectivity index (χ0n) is 11.3. The molecule has 108 valence electrons. The second-order valence-corrected chi connectivity index (χ2v) is 8.94. The minimum absolute atomic E-state index is 0.213. The number of sulfonamides is 1. The molecule has 0 aromatic carbocycles. The summed E-state index contributed by atoms with van der Waals surface area (Å²) in [4.78, 5) is 0.903. The molecule has 3 nitrogen and oxygen atoms in total. The molecule has 0 unspecified atom stereocenters. The summed E-state index contributed by atoms with van der Waals surface area (Å²) in [5.74, 6) is 0.883. The van der Waals surface area contributed by atoms with Crippen molar-refractivity contribution < 1.29 is 8.42 Å². The van der Waals surface area contributed by atoms with Crippen LogP contribution >= 0.6 is 22.9 Å². The molecular formula is C13H20ClNO2S2. The summed E-state index contributed by atoms with van der Waals surface area (Å²) in [5, 5.41) is 0. The van der Waals surface area contributed by atoms with Gasteiger partial charge < -0.3 is 0 Å². The number of hydrogen-bond donors (Lipinski definition) is 0. The van der Waals surface area contributed by atoms with E-state index in [-0.39, 0.29) is 6.04 Å². The first-order valence-electron chi connectivity index (χ1n) is 6.61. The van der Waals surface area contributed by atoms with Gasteiger partial charge in [-0.3, -0.25) is 0 Å². The molecule has 1 aromatic heterocycles. The Morgan fingerprint density at radius 2 is 2.11 bits per heavy atom. The predicted molar refractivity (Wildman–Crippen MR) is 80.2 cm³/mol. The van der Waals surface area contributed by atoms with Gasteiger partial charge in [0.05, 0.1) is 5.88 Å². The fourth-order valence-electron chi connectivity index (χ4n) is 1.93. The molecule has 1 aromatic rings. The van der Waals surface area contributed by atoms with Crippen molar-refractivity contribution >= 4 is 33.0 Å². The zero-order valence-corrected chi connectivity index (χ0v) is 13.7. The molecule has 0 N–H and O–H groups in total. The van der Waals surface area contributed by atoms with Crippen LogP contribution in [0.5, 0.6) is 0 Å². The van der Waals surface area contributed by atoms with Crippen LogP contribution in [0.2, 0.25) is 0 Å². The maximum absolute atomic E-state index is 12.6. The second kappa shape index (κ2) is 6.12. The average Bonchev–Trinajstić information content (AvgIpc) is 3.05. The molecule has 0 saturated heterocycles. The van der Waals surface area contributed by atoms with Crippen LogP contribution in [0.3, 0.4) is 0 Å². The number of nitrogens with zero attached hydrogens (tertiary/aromatic N) is 1. The molecule has 2 rings (SSSR count). The second-order valence-electron chi connectivity index (χ2n) is 5.38. The fourth-order valence-corrected chi connectivity index (χ4v) is 5.22.